The molecule has 0 aliphatic heterocycles. The van der Waals surface area contributed by atoms with E-state index in [0.29, 0.717) is 6.61 Å². The van der Waals surface area contributed by atoms with E-state index in [2.05, 4.69) is 19.2 Å². The normalized spacial score (nSPS) is 24.4. The molecule has 1 saturated carbocycles. The molecule has 0 radical (unpaired) electrons. The molecule has 21 heavy (non-hydrogen) atoms. The molecule has 1 aliphatic rings. The lowest BCUT2D eigenvalue weighted by Crippen LogP contribution is -2.58. The van der Waals surface area contributed by atoms with Gasteiger partial charge in [-0.1, -0.05) is 13.8 Å². The molecule has 1 aromatic rings. The Morgan fingerprint density at radius 1 is 1.48 bits per heavy atom. The zero-order valence-corrected chi connectivity index (χ0v) is 13.2. The number of sulfonamides is 1. The Morgan fingerprint density at radius 2 is 2.14 bits per heavy atom. The van der Waals surface area contributed by atoms with Crippen molar-refractivity contribution in [1.82, 2.24) is 0 Å². The Hall–Kier alpha value is -1.18. The molecule has 5 nitrogen and oxygen atoms in total. The molecule has 0 spiro atoms. The summed E-state index contributed by atoms with van der Waals surface area (Å²) in [5.41, 5.74) is 0.163. The van der Waals surface area contributed by atoms with E-state index in [1.165, 1.54) is 12.1 Å². The van der Waals surface area contributed by atoms with Crippen molar-refractivity contribution in [3.63, 3.8) is 0 Å². The molecule has 0 heterocycles. The Bertz CT molecular complexity index is 631. The molecular weight excluding hydrogens is 295 g/mol. The van der Waals surface area contributed by atoms with E-state index < -0.39 is 15.8 Å². The molecule has 1 aliphatic carbocycles. The van der Waals surface area contributed by atoms with Crippen molar-refractivity contribution in [3.8, 4) is 0 Å². The van der Waals surface area contributed by atoms with Crippen molar-refractivity contribution in [2.75, 3.05) is 11.9 Å². The number of benzene rings is 1. The standard InChI is InChI=1S/C14H21FN2O3S/c1-4-20-13-8-12(14(13,2)3)17-11-6-5-9(7-10(11)15)21(16,18)19/h5-7,12-13,17H,4,8H2,1-3H3,(H2,16,18,19). The fourth-order valence-corrected chi connectivity index (χ4v) is 3.12. The minimum absolute atomic E-state index is 0.0730. The summed E-state index contributed by atoms with van der Waals surface area (Å²) >= 11 is 0. The molecule has 1 fully saturated rings. The fourth-order valence-electron chi connectivity index (χ4n) is 2.59. The number of nitrogens with two attached hydrogens (primary N) is 1. The summed E-state index contributed by atoms with van der Waals surface area (Å²) < 4.78 is 42.0. The van der Waals surface area contributed by atoms with Crippen LogP contribution in [-0.4, -0.2) is 27.2 Å². The van der Waals surface area contributed by atoms with Crippen LogP contribution in [0.1, 0.15) is 27.2 Å². The Balaban J connectivity index is 2.12. The fraction of sp³-hybridized carbons (Fsp3) is 0.571. The smallest absolute Gasteiger partial charge is 0.238 e. The molecule has 0 aromatic heterocycles. The zero-order valence-electron chi connectivity index (χ0n) is 12.4. The summed E-state index contributed by atoms with van der Waals surface area (Å²) in [4.78, 5) is -0.231. The third-order valence-corrected chi connectivity index (χ3v) is 5.06. The van der Waals surface area contributed by atoms with E-state index in [1.807, 2.05) is 6.92 Å². The van der Waals surface area contributed by atoms with Gasteiger partial charge >= 0.3 is 0 Å². The zero-order chi connectivity index (χ0) is 15.8. The van der Waals surface area contributed by atoms with Crippen LogP contribution in [0.25, 0.3) is 0 Å². The maximum atomic E-state index is 14.0. The minimum atomic E-state index is -3.89. The highest BCUT2D eigenvalue weighted by Crippen LogP contribution is 2.44. The maximum absolute atomic E-state index is 14.0. The second-order valence-electron chi connectivity index (χ2n) is 5.88. The highest BCUT2D eigenvalue weighted by molar-refractivity contribution is 7.89. The van der Waals surface area contributed by atoms with Crippen molar-refractivity contribution in [2.45, 2.75) is 44.2 Å². The molecule has 0 bridgehead atoms. The average molecular weight is 316 g/mol. The maximum Gasteiger partial charge on any atom is 0.238 e. The first-order valence-corrected chi connectivity index (χ1v) is 8.41. The third-order valence-electron chi connectivity index (χ3n) is 4.14. The monoisotopic (exact) mass is 316 g/mol. The van der Waals surface area contributed by atoms with Gasteiger partial charge in [-0.25, -0.2) is 17.9 Å². The Labute approximate surface area is 124 Å². The van der Waals surface area contributed by atoms with Crippen LogP contribution in [0.5, 0.6) is 0 Å². The van der Waals surface area contributed by atoms with Crippen LogP contribution in [0.3, 0.4) is 0 Å². The first-order valence-electron chi connectivity index (χ1n) is 6.86. The molecule has 2 rings (SSSR count). The van der Waals surface area contributed by atoms with Crippen molar-refractivity contribution >= 4 is 15.7 Å². The Morgan fingerprint density at radius 3 is 2.62 bits per heavy atom. The van der Waals surface area contributed by atoms with Crippen molar-refractivity contribution in [3.05, 3.63) is 24.0 Å². The van der Waals surface area contributed by atoms with Gasteiger partial charge in [0.05, 0.1) is 16.7 Å². The van der Waals surface area contributed by atoms with Crippen LogP contribution in [0.4, 0.5) is 10.1 Å². The lowest BCUT2D eigenvalue weighted by molar-refractivity contribution is -0.0976. The Kier molecular flexibility index (Phi) is 4.28. The topological polar surface area (TPSA) is 81.4 Å². The second kappa shape index (κ2) is 5.55. The first kappa shape index (κ1) is 16.2. The molecule has 3 N–H and O–H groups in total. The van der Waals surface area contributed by atoms with E-state index in [4.69, 9.17) is 9.88 Å². The average Bonchev–Trinajstić information content (AvgIpc) is 2.38. The van der Waals surface area contributed by atoms with Gasteiger partial charge in [0, 0.05) is 18.1 Å². The number of ether oxygens (including phenoxy) is 1. The highest BCUT2D eigenvalue weighted by atomic mass is 32.2. The van der Waals surface area contributed by atoms with Gasteiger partial charge in [0.2, 0.25) is 10.0 Å². The number of nitrogens with one attached hydrogen (secondary N) is 1. The molecule has 0 saturated heterocycles. The molecule has 7 heteroatoms. The van der Waals surface area contributed by atoms with Crippen LogP contribution >= 0.6 is 0 Å². The van der Waals surface area contributed by atoms with Crippen LogP contribution in [0.2, 0.25) is 0 Å². The molecule has 1 aromatic carbocycles. The van der Waals surface area contributed by atoms with E-state index in [0.717, 1.165) is 12.5 Å². The van der Waals surface area contributed by atoms with Crippen molar-refractivity contribution < 1.29 is 17.5 Å². The summed E-state index contributed by atoms with van der Waals surface area (Å²) in [6, 6.07) is 3.71. The summed E-state index contributed by atoms with van der Waals surface area (Å²) in [6.07, 6.45) is 0.934. The van der Waals surface area contributed by atoms with Crippen LogP contribution in [-0.2, 0) is 14.8 Å². The van der Waals surface area contributed by atoms with E-state index in [1.54, 1.807) is 0 Å². The van der Waals surface area contributed by atoms with E-state index in [9.17, 15) is 12.8 Å². The summed E-state index contributed by atoms with van der Waals surface area (Å²) in [6.45, 7) is 6.72. The van der Waals surface area contributed by atoms with Crippen LogP contribution < -0.4 is 10.5 Å². The molecule has 2 unspecified atom stereocenters. The molecule has 2 atom stereocenters. The van der Waals surface area contributed by atoms with Gasteiger partial charge in [-0.05, 0) is 31.5 Å². The van der Waals surface area contributed by atoms with Gasteiger partial charge in [-0.2, -0.15) is 0 Å². The van der Waals surface area contributed by atoms with Crippen LogP contribution in [0, 0.1) is 11.2 Å². The predicted molar refractivity (Wildman–Crippen MR) is 79.0 cm³/mol. The number of hydrogen-bond acceptors (Lipinski definition) is 4. The van der Waals surface area contributed by atoms with E-state index >= 15 is 0 Å². The van der Waals surface area contributed by atoms with Gasteiger partial charge in [-0.3, -0.25) is 0 Å². The van der Waals surface area contributed by atoms with Gasteiger partial charge < -0.3 is 10.1 Å². The lowest BCUT2D eigenvalue weighted by Gasteiger charge is -2.52. The quantitative estimate of drug-likeness (QED) is 0.871. The molecular formula is C14H21FN2O3S. The number of anilines is 1. The van der Waals surface area contributed by atoms with Gasteiger partial charge in [0.15, 0.2) is 0 Å². The summed E-state index contributed by atoms with van der Waals surface area (Å²) in [5.74, 6) is -0.628. The molecule has 118 valence electrons. The number of primary sulfonamides is 1. The third kappa shape index (κ3) is 3.20. The minimum Gasteiger partial charge on any atom is -0.379 e. The summed E-state index contributed by atoms with van der Waals surface area (Å²) in [5, 5.41) is 8.09. The largest absolute Gasteiger partial charge is 0.379 e. The number of rotatable bonds is 5. The van der Waals surface area contributed by atoms with Gasteiger partial charge in [-0.15, -0.1) is 0 Å². The number of hydrogen-bond donors (Lipinski definition) is 2. The summed E-state index contributed by atoms with van der Waals surface area (Å²) in [7, 11) is -3.89. The van der Waals surface area contributed by atoms with Gasteiger partial charge in [0.1, 0.15) is 5.82 Å². The van der Waals surface area contributed by atoms with Crippen molar-refractivity contribution in [1.29, 1.82) is 0 Å². The van der Waals surface area contributed by atoms with Gasteiger partial charge in [0.25, 0.3) is 0 Å². The predicted octanol–water partition coefficient (Wildman–Crippen LogP) is 2.09. The number of halogens is 1. The lowest BCUT2D eigenvalue weighted by atomic mass is 9.64. The highest BCUT2D eigenvalue weighted by Gasteiger charge is 2.49. The second-order valence-corrected chi connectivity index (χ2v) is 7.45. The first-order chi connectivity index (χ1) is 9.66. The van der Waals surface area contributed by atoms with Crippen molar-refractivity contribution in [2.24, 2.45) is 10.6 Å². The molecule has 0 amide bonds. The SMILES string of the molecule is CCOC1CC(Nc2ccc(S(N)(=O)=O)cc2F)C1(C)C. The van der Waals surface area contributed by atoms with Crippen LogP contribution in [0.15, 0.2) is 23.1 Å². The van der Waals surface area contributed by atoms with E-state index in [-0.39, 0.29) is 28.1 Å².